The number of pyridine rings is 1. The van der Waals surface area contributed by atoms with Crippen molar-refractivity contribution in [1.82, 2.24) is 19.9 Å². The number of fused-ring (bicyclic) bond motifs is 3. The summed E-state index contributed by atoms with van der Waals surface area (Å²) in [6.45, 7) is 0.282. The molecule has 0 saturated heterocycles. The van der Waals surface area contributed by atoms with Gasteiger partial charge in [-0.05, 0) is 29.8 Å². The number of thiophene rings is 1. The van der Waals surface area contributed by atoms with Gasteiger partial charge in [-0.2, -0.15) is 0 Å². The van der Waals surface area contributed by atoms with Crippen molar-refractivity contribution in [2.24, 2.45) is 0 Å². The summed E-state index contributed by atoms with van der Waals surface area (Å²) >= 11 is 7.13. The van der Waals surface area contributed by atoms with E-state index >= 15 is 0 Å². The molecule has 3 aromatic heterocycles. The minimum absolute atomic E-state index is 0.0863. The molecule has 1 amide bonds. The molecule has 0 atom stereocenters. The number of rotatable bonds is 4. The average molecular weight is 385 g/mol. The molecule has 0 saturated carbocycles. The van der Waals surface area contributed by atoms with Gasteiger partial charge in [0.1, 0.15) is 16.1 Å². The normalized spacial score (nSPS) is 11.1. The number of nitrogens with one attached hydrogen (secondary N) is 1. The lowest BCUT2D eigenvalue weighted by atomic mass is 10.2. The van der Waals surface area contributed by atoms with Crippen molar-refractivity contribution < 1.29 is 4.79 Å². The van der Waals surface area contributed by atoms with E-state index in [-0.39, 0.29) is 18.0 Å². The quantitative estimate of drug-likeness (QED) is 0.586. The summed E-state index contributed by atoms with van der Waals surface area (Å²) in [6.07, 6.45) is 3.09. The van der Waals surface area contributed by atoms with Gasteiger partial charge in [-0.3, -0.25) is 14.2 Å². The van der Waals surface area contributed by atoms with E-state index in [2.05, 4.69) is 15.3 Å². The average Bonchev–Trinajstić information content (AvgIpc) is 3.03. The summed E-state index contributed by atoms with van der Waals surface area (Å²) in [7, 11) is 0. The topological polar surface area (TPSA) is 76.9 Å². The Morgan fingerprint density at radius 3 is 2.81 bits per heavy atom. The van der Waals surface area contributed by atoms with Gasteiger partial charge in [0.15, 0.2) is 0 Å². The van der Waals surface area contributed by atoms with Crippen LogP contribution in [0.3, 0.4) is 0 Å². The van der Waals surface area contributed by atoms with E-state index in [0.29, 0.717) is 21.8 Å². The molecule has 0 radical (unpaired) electrons. The van der Waals surface area contributed by atoms with Crippen LogP contribution in [-0.2, 0) is 17.9 Å². The van der Waals surface area contributed by atoms with Crippen molar-refractivity contribution in [3.05, 3.63) is 69.9 Å². The Bertz CT molecular complexity index is 1170. The molecule has 0 spiro atoms. The van der Waals surface area contributed by atoms with Crippen LogP contribution in [0.1, 0.15) is 5.56 Å². The molecule has 4 rings (SSSR count). The van der Waals surface area contributed by atoms with E-state index in [1.807, 2.05) is 24.3 Å². The first-order valence-electron chi connectivity index (χ1n) is 7.85. The SMILES string of the molecule is O=C(Cn1cnc2c(sc3ncccc32)c1=O)NCc1ccc(Cl)cc1. The maximum Gasteiger partial charge on any atom is 0.271 e. The first kappa shape index (κ1) is 16.7. The lowest BCUT2D eigenvalue weighted by Crippen LogP contribution is -2.31. The summed E-state index contributed by atoms with van der Waals surface area (Å²) in [6, 6.07) is 10.9. The Morgan fingerprint density at radius 1 is 1.19 bits per heavy atom. The molecule has 0 aliphatic rings. The highest BCUT2D eigenvalue weighted by Crippen LogP contribution is 2.27. The number of benzene rings is 1. The second-order valence-electron chi connectivity index (χ2n) is 5.72. The van der Waals surface area contributed by atoms with Crippen molar-refractivity contribution in [2.75, 3.05) is 0 Å². The van der Waals surface area contributed by atoms with Crippen LogP contribution in [0.4, 0.5) is 0 Å². The molecule has 3 heterocycles. The van der Waals surface area contributed by atoms with E-state index in [4.69, 9.17) is 11.6 Å². The number of hydrogen-bond acceptors (Lipinski definition) is 5. The summed E-state index contributed by atoms with van der Waals surface area (Å²) in [5, 5.41) is 4.28. The molecule has 0 fully saturated rings. The van der Waals surface area contributed by atoms with Crippen molar-refractivity contribution in [3.63, 3.8) is 0 Å². The fourth-order valence-corrected chi connectivity index (χ4v) is 3.80. The number of halogens is 1. The standard InChI is InChI=1S/C18H13ClN4O2S/c19-12-5-3-11(4-6-12)8-21-14(24)9-23-10-22-15-13-2-1-7-20-17(13)26-16(15)18(23)25/h1-7,10H,8-9H2,(H,21,24). The largest absolute Gasteiger partial charge is 0.350 e. The first-order valence-corrected chi connectivity index (χ1v) is 9.05. The van der Waals surface area contributed by atoms with Gasteiger partial charge in [0.25, 0.3) is 5.56 Å². The molecule has 26 heavy (non-hydrogen) atoms. The highest BCUT2D eigenvalue weighted by atomic mass is 35.5. The smallest absolute Gasteiger partial charge is 0.271 e. The summed E-state index contributed by atoms with van der Waals surface area (Å²) < 4.78 is 1.82. The van der Waals surface area contributed by atoms with E-state index in [1.165, 1.54) is 22.2 Å². The Balaban J connectivity index is 1.54. The van der Waals surface area contributed by atoms with Crippen LogP contribution in [0.5, 0.6) is 0 Å². The van der Waals surface area contributed by atoms with Gasteiger partial charge in [-0.25, -0.2) is 9.97 Å². The molecule has 0 aliphatic heterocycles. The summed E-state index contributed by atoms with van der Waals surface area (Å²) in [5.74, 6) is -0.262. The van der Waals surface area contributed by atoms with Gasteiger partial charge in [0.05, 0.1) is 11.8 Å². The van der Waals surface area contributed by atoms with Crippen molar-refractivity contribution in [3.8, 4) is 0 Å². The first-order chi connectivity index (χ1) is 12.6. The third-order valence-electron chi connectivity index (χ3n) is 3.94. The van der Waals surface area contributed by atoms with E-state index in [0.717, 1.165) is 15.8 Å². The highest BCUT2D eigenvalue weighted by molar-refractivity contribution is 7.25. The number of hydrogen-bond donors (Lipinski definition) is 1. The number of nitrogens with zero attached hydrogens (tertiary/aromatic N) is 3. The zero-order valence-electron chi connectivity index (χ0n) is 13.5. The number of amides is 1. The van der Waals surface area contributed by atoms with Crippen LogP contribution >= 0.6 is 22.9 Å². The molecule has 0 unspecified atom stereocenters. The minimum Gasteiger partial charge on any atom is -0.350 e. The third-order valence-corrected chi connectivity index (χ3v) is 5.28. The van der Waals surface area contributed by atoms with E-state index in [9.17, 15) is 9.59 Å². The third kappa shape index (κ3) is 3.18. The van der Waals surface area contributed by atoms with Crippen molar-refractivity contribution in [1.29, 1.82) is 0 Å². The monoisotopic (exact) mass is 384 g/mol. The number of aromatic nitrogens is 3. The highest BCUT2D eigenvalue weighted by Gasteiger charge is 2.13. The molecule has 6 nitrogen and oxygen atoms in total. The maximum atomic E-state index is 12.7. The molecule has 0 bridgehead atoms. The van der Waals surface area contributed by atoms with Gasteiger partial charge >= 0.3 is 0 Å². The number of carbonyl (C=O) groups excluding carboxylic acids is 1. The van der Waals surface area contributed by atoms with E-state index in [1.54, 1.807) is 18.3 Å². The second-order valence-corrected chi connectivity index (χ2v) is 7.15. The van der Waals surface area contributed by atoms with Gasteiger partial charge in [-0.1, -0.05) is 23.7 Å². The van der Waals surface area contributed by atoms with Gasteiger partial charge in [0, 0.05) is 23.2 Å². The van der Waals surface area contributed by atoms with Gasteiger partial charge in [-0.15, -0.1) is 11.3 Å². The molecule has 0 aliphatic carbocycles. The van der Waals surface area contributed by atoms with E-state index < -0.39 is 0 Å². The Morgan fingerprint density at radius 2 is 2.00 bits per heavy atom. The predicted molar refractivity (Wildman–Crippen MR) is 102 cm³/mol. The molecule has 8 heteroatoms. The molecular formula is C18H13ClN4O2S. The van der Waals surface area contributed by atoms with Crippen molar-refractivity contribution >= 4 is 49.3 Å². The summed E-state index contributed by atoms with van der Waals surface area (Å²) in [4.78, 5) is 34.2. The lowest BCUT2D eigenvalue weighted by Gasteiger charge is -2.07. The zero-order valence-corrected chi connectivity index (χ0v) is 15.0. The Kier molecular flexibility index (Phi) is 4.40. The van der Waals surface area contributed by atoms with Crippen molar-refractivity contribution in [2.45, 2.75) is 13.1 Å². The molecule has 4 aromatic rings. The predicted octanol–water partition coefficient (Wildman–Crippen LogP) is 2.98. The Labute approximate surface area is 157 Å². The fourth-order valence-electron chi connectivity index (χ4n) is 2.63. The zero-order chi connectivity index (χ0) is 18.1. The van der Waals surface area contributed by atoms with Crippen LogP contribution < -0.4 is 10.9 Å². The van der Waals surface area contributed by atoms with Crippen LogP contribution in [0.25, 0.3) is 20.4 Å². The fraction of sp³-hybridized carbons (Fsp3) is 0.111. The Hall–Kier alpha value is -2.77. The van der Waals surface area contributed by atoms with Gasteiger partial charge < -0.3 is 5.32 Å². The van der Waals surface area contributed by atoms with Crippen LogP contribution in [0.2, 0.25) is 5.02 Å². The number of carbonyl (C=O) groups is 1. The van der Waals surface area contributed by atoms with Crippen LogP contribution in [-0.4, -0.2) is 20.4 Å². The molecular weight excluding hydrogens is 372 g/mol. The molecule has 1 aromatic carbocycles. The van der Waals surface area contributed by atoms with Crippen LogP contribution in [0, 0.1) is 0 Å². The molecule has 130 valence electrons. The second kappa shape index (κ2) is 6.86. The minimum atomic E-state index is -0.262. The maximum absolute atomic E-state index is 12.7. The van der Waals surface area contributed by atoms with Gasteiger partial charge in [0.2, 0.25) is 5.91 Å². The molecule has 1 N–H and O–H groups in total. The van der Waals surface area contributed by atoms with Crippen LogP contribution in [0.15, 0.2) is 53.7 Å². The summed E-state index contributed by atoms with van der Waals surface area (Å²) in [5.41, 5.74) is 1.32. The lowest BCUT2D eigenvalue weighted by molar-refractivity contribution is -0.121.